The van der Waals surface area contributed by atoms with Crippen molar-refractivity contribution in [1.29, 1.82) is 0 Å². The maximum atomic E-state index is 6.29. The predicted molar refractivity (Wildman–Crippen MR) is 77.5 cm³/mol. The molecule has 0 bridgehead atoms. The van der Waals surface area contributed by atoms with Crippen LogP contribution in [0.25, 0.3) is 0 Å². The van der Waals surface area contributed by atoms with Gasteiger partial charge in [0.2, 0.25) is 0 Å². The fourth-order valence-corrected chi connectivity index (χ4v) is 2.30. The summed E-state index contributed by atoms with van der Waals surface area (Å²) in [7, 11) is 0. The molecule has 0 fully saturated rings. The third kappa shape index (κ3) is 9.64. The van der Waals surface area contributed by atoms with E-state index in [1.54, 1.807) is 0 Å². The summed E-state index contributed by atoms with van der Waals surface area (Å²) in [6, 6.07) is 0. The first-order valence-electron chi connectivity index (χ1n) is 7.93. The van der Waals surface area contributed by atoms with Crippen molar-refractivity contribution in [3.8, 4) is 0 Å². The standard InChI is InChI=1S/C16H34O/c1-5-9-11-14-15(8-4)17-16(12-7-3)13-10-6-2/h15-16H,5-14H2,1-4H3. The van der Waals surface area contributed by atoms with Crippen LogP contribution in [0.2, 0.25) is 0 Å². The minimum atomic E-state index is 0.509. The zero-order valence-electron chi connectivity index (χ0n) is 12.6. The second-order valence-corrected chi connectivity index (χ2v) is 5.22. The summed E-state index contributed by atoms with van der Waals surface area (Å²) >= 11 is 0. The first-order chi connectivity index (χ1) is 8.28. The van der Waals surface area contributed by atoms with E-state index in [1.807, 2.05) is 0 Å². The average molecular weight is 242 g/mol. The summed E-state index contributed by atoms with van der Waals surface area (Å²) in [6.45, 7) is 9.06. The topological polar surface area (TPSA) is 9.23 Å². The summed E-state index contributed by atoms with van der Waals surface area (Å²) in [4.78, 5) is 0. The zero-order chi connectivity index (χ0) is 12.9. The zero-order valence-corrected chi connectivity index (χ0v) is 12.6. The van der Waals surface area contributed by atoms with Gasteiger partial charge in [0.05, 0.1) is 12.2 Å². The van der Waals surface area contributed by atoms with Crippen LogP contribution in [0.3, 0.4) is 0 Å². The minimum absolute atomic E-state index is 0.509. The lowest BCUT2D eigenvalue weighted by molar-refractivity contribution is -0.0281. The van der Waals surface area contributed by atoms with E-state index >= 15 is 0 Å². The van der Waals surface area contributed by atoms with E-state index < -0.39 is 0 Å². The Morgan fingerprint density at radius 1 is 0.647 bits per heavy atom. The molecular formula is C16H34O. The fraction of sp³-hybridized carbons (Fsp3) is 1.00. The van der Waals surface area contributed by atoms with E-state index in [9.17, 15) is 0 Å². The molecule has 2 atom stereocenters. The van der Waals surface area contributed by atoms with Gasteiger partial charge in [-0.3, -0.25) is 0 Å². The maximum absolute atomic E-state index is 6.29. The van der Waals surface area contributed by atoms with Gasteiger partial charge in [0.15, 0.2) is 0 Å². The highest BCUT2D eigenvalue weighted by Crippen LogP contribution is 2.18. The molecule has 17 heavy (non-hydrogen) atoms. The summed E-state index contributed by atoms with van der Waals surface area (Å²) in [6.07, 6.45) is 13.8. The molecule has 0 aliphatic carbocycles. The Hall–Kier alpha value is -0.0400. The Morgan fingerprint density at radius 3 is 1.82 bits per heavy atom. The Kier molecular flexibility index (Phi) is 12.4. The molecule has 0 saturated carbocycles. The van der Waals surface area contributed by atoms with Crippen LogP contribution in [-0.4, -0.2) is 12.2 Å². The Bertz CT molecular complexity index is 144. The highest BCUT2D eigenvalue weighted by Gasteiger charge is 2.14. The third-order valence-corrected chi connectivity index (χ3v) is 3.46. The SMILES string of the molecule is CCCCCC(CC)OC(CCC)CCCC. The van der Waals surface area contributed by atoms with Crippen LogP contribution in [0.15, 0.2) is 0 Å². The second kappa shape index (κ2) is 12.4. The summed E-state index contributed by atoms with van der Waals surface area (Å²) < 4.78 is 6.29. The van der Waals surface area contributed by atoms with Gasteiger partial charge in [0.25, 0.3) is 0 Å². The van der Waals surface area contributed by atoms with Crippen LogP contribution in [0.5, 0.6) is 0 Å². The van der Waals surface area contributed by atoms with Gasteiger partial charge in [0, 0.05) is 0 Å². The maximum Gasteiger partial charge on any atom is 0.0578 e. The van der Waals surface area contributed by atoms with Crippen LogP contribution in [0.1, 0.15) is 91.9 Å². The largest absolute Gasteiger partial charge is 0.375 e. The van der Waals surface area contributed by atoms with E-state index in [0.717, 1.165) is 0 Å². The molecule has 0 aromatic carbocycles. The number of rotatable bonds is 12. The van der Waals surface area contributed by atoms with E-state index in [2.05, 4.69) is 27.7 Å². The minimum Gasteiger partial charge on any atom is -0.375 e. The van der Waals surface area contributed by atoms with Crippen LogP contribution in [0.4, 0.5) is 0 Å². The lowest BCUT2D eigenvalue weighted by Gasteiger charge is -2.24. The van der Waals surface area contributed by atoms with Gasteiger partial charge in [-0.1, -0.05) is 66.2 Å². The Morgan fingerprint density at radius 2 is 1.29 bits per heavy atom. The molecule has 1 heteroatoms. The molecule has 0 aliphatic rings. The van der Waals surface area contributed by atoms with Gasteiger partial charge >= 0.3 is 0 Å². The first-order valence-corrected chi connectivity index (χ1v) is 7.93. The van der Waals surface area contributed by atoms with Gasteiger partial charge < -0.3 is 4.74 Å². The van der Waals surface area contributed by atoms with Crippen molar-refractivity contribution in [3.63, 3.8) is 0 Å². The van der Waals surface area contributed by atoms with Gasteiger partial charge in [-0.2, -0.15) is 0 Å². The van der Waals surface area contributed by atoms with E-state index in [-0.39, 0.29) is 0 Å². The molecular weight excluding hydrogens is 208 g/mol. The number of hydrogen-bond acceptors (Lipinski definition) is 1. The molecule has 0 aliphatic heterocycles. The van der Waals surface area contributed by atoms with Gasteiger partial charge in [-0.05, 0) is 25.7 Å². The van der Waals surface area contributed by atoms with Gasteiger partial charge in [-0.25, -0.2) is 0 Å². The van der Waals surface area contributed by atoms with Crippen molar-refractivity contribution >= 4 is 0 Å². The average Bonchev–Trinajstić information content (AvgIpc) is 2.35. The molecule has 0 saturated heterocycles. The smallest absolute Gasteiger partial charge is 0.0578 e. The van der Waals surface area contributed by atoms with E-state index in [0.29, 0.717) is 12.2 Å². The van der Waals surface area contributed by atoms with Crippen molar-refractivity contribution in [3.05, 3.63) is 0 Å². The predicted octanol–water partition coefficient (Wildman–Crippen LogP) is 5.72. The van der Waals surface area contributed by atoms with Gasteiger partial charge in [-0.15, -0.1) is 0 Å². The first kappa shape index (κ1) is 17.0. The van der Waals surface area contributed by atoms with Crippen molar-refractivity contribution < 1.29 is 4.74 Å². The molecule has 0 spiro atoms. The molecule has 0 aromatic heterocycles. The lowest BCUT2D eigenvalue weighted by atomic mass is 10.1. The van der Waals surface area contributed by atoms with Crippen molar-refractivity contribution in [2.45, 2.75) is 104 Å². The van der Waals surface area contributed by atoms with E-state index in [1.165, 1.54) is 64.2 Å². The quantitative estimate of drug-likeness (QED) is 0.398. The molecule has 0 rings (SSSR count). The Balaban J connectivity index is 3.89. The number of unbranched alkanes of at least 4 members (excludes halogenated alkanes) is 3. The lowest BCUT2D eigenvalue weighted by Crippen LogP contribution is -2.22. The van der Waals surface area contributed by atoms with Gasteiger partial charge in [0.1, 0.15) is 0 Å². The van der Waals surface area contributed by atoms with E-state index in [4.69, 9.17) is 4.74 Å². The van der Waals surface area contributed by atoms with Crippen LogP contribution in [-0.2, 0) is 4.74 Å². The molecule has 2 unspecified atom stereocenters. The molecule has 0 heterocycles. The molecule has 1 nitrogen and oxygen atoms in total. The monoisotopic (exact) mass is 242 g/mol. The summed E-state index contributed by atoms with van der Waals surface area (Å²) in [5.74, 6) is 0. The van der Waals surface area contributed by atoms with Crippen LogP contribution in [0, 0.1) is 0 Å². The second-order valence-electron chi connectivity index (χ2n) is 5.22. The number of ether oxygens (including phenoxy) is 1. The molecule has 0 amide bonds. The highest BCUT2D eigenvalue weighted by molar-refractivity contribution is 4.63. The normalized spacial score (nSPS) is 14.8. The molecule has 104 valence electrons. The highest BCUT2D eigenvalue weighted by atomic mass is 16.5. The number of hydrogen-bond donors (Lipinski definition) is 0. The molecule has 0 aromatic rings. The van der Waals surface area contributed by atoms with Crippen molar-refractivity contribution in [2.75, 3.05) is 0 Å². The molecule has 0 N–H and O–H groups in total. The summed E-state index contributed by atoms with van der Waals surface area (Å²) in [5.41, 5.74) is 0. The molecule has 0 radical (unpaired) electrons. The Labute approximate surface area is 109 Å². The summed E-state index contributed by atoms with van der Waals surface area (Å²) in [5, 5.41) is 0. The fourth-order valence-electron chi connectivity index (χ4n) is 2.30. The van der Waals surface area contributed by atoms with Crippen LogP contribution >= 0.6 is 0 Å². The van der Waals surface area contributed by atoms with Crippen LogP contribution < -0.4 is 0 Å². The third-order valence-electron chi connectivity index (χ3n) is 3.46. The van der Waals surface area contributed by atoms with Crippen molar-refractivity contribution in [1.82, 2.24) is 0 Å². The van der Waals surface area contributed by atoms with Crippen molar-refractivity contribution in [2.24, 2.45) is 0 Å².